The smallest absolute Gasteiger partial charge is 0.0881 e. The minimum Gasteiger partial charge on any atom is -0.0881 e. The standard InChI is InChI=1S/C23H16B2/c1-15-18(16-8-4-2-5-9-16)12-13-19-22(15)21(24)14-20(23(19)25)17-10-6-3-7-11-17/h2-14H,1H3. The summed E-state index contributed by atoms with van der Waals surface area (Å²) in [6, 6.07) is 26.7. The van der Waals surface area contributed by atoms with Crippen LogP contribution in [-0.4, -0.2) is 15.7 Å². The van der Waals surface area contributed by atoms with Crippen LogP contribution >= 0.6 is 0 Å². The molecule has 0 amide bonds. The molecule has 0 fully saturated rings. The van der Waals surface area contributed by atoms with Crippen LogP contribution in [0.1, 0.15) is 5.56 Å². The summed E-state index contributed by atoms with van der Waals surface area (Å²) in [5, 5.41) is 2.05. The highest BCUT2D eigenvalue weighted by Crippen LogP contribution is 2.29. The lowest BCUT2D eigenvalue weighted by molar-refractivity contribution is 1.51. The Morgan fingerprint density at radius 1 is 0.640 bits per heavy atom. The van der Waals surface area contributed by atoms with Gasteiger partial charge in [0.1, 0.15) is 15.7 Å². The number of hydrogen-bond acceptors (Lipinski definition) is 0. The molecule has 114 valence electrons. The number of fused-ring (bicyclic) bond motifs is 1. The number of rotatable bonds is 2. The Labute approximate surface area is 151 Å². The molecule has 4 radical (unpaired) electrons. The van der Waals surface area contributed by atoms with Gasteiger partial charge in [0.2, 0.25) is 0 Å². The Bertz CT molecular complexity index is 1050. The van der Waals surface area contributed by atoms with Gasteiger partial charge in [-0.05, 0) is 45.5 Å². The molecule has 0 unspecified atom stereocenters. The van der Waals surface area contributed by atoms with E-state index < -0.39 is 0 Å². The third-order valence-electron chi connectivity index (χ3n) is 4.80. The van der Waals surface area contributed by atoms with E-state index in [2.05, 4.69) is 55.5 Å². The Hall–Kier alpha value is -2.73. The SMILES string of the molecule is [B]c1c(-c2ccccc2)cc([B])c2c(C)c(-c3ccccc3)ccc12. The highest BCUT2D eigenvalue weighted by atomic mass is 14.1. The van der Waals surface area contributed by atoms with Crippen LogP contribution in [0.25, 0.3) is 33.0 Å². The lowest BCUT2D eigenvalue weighted by Gasteiger charge is -2.18. The van der Waals surface area contributed by atoms with Crippen LogP contribution in [0.15, 0.2) is 78.9 Å². The summed E-state index contributed by atoms with van der Waals surface area (Å²) >= 11 is 0. The van der Waals surface area contributed by atoms with E-state index in [-0.39, 0.29) is 0 Å². The zero-order valence-electron chi connectivity index (χ0n) is 14.2. The quantitative estimate of drug-likeness (QED) is 0.489. The molecule has 0 aliphatic rings. The van der Waals surface area contributed by atoms with Gasteiger partial charge in [0.25, 0.3) is 0 Å². The molecule has 4 rings (SSSR count). The van der Waals surface area contributed by atoms with Crippen molar-refractivity contribution in [3.05, 3.63) is 84.4 Å². The molecule has 0 saturated heterocycles. The Balaban J connectivity index is 1.99. The Morgan fingerprint density at radius 3 is 1.80 bits per heavy atom. The number of aryl methyl sites for hydroxylation is 1. The van der Waals surface area contributed by atoms with Crippen LogP contribution in [0.5, 0.6) is 0 Å². The van der Waals surface area contributed by atoms with E-state index in [9.17, 15) is 0 Å². The van der Waals surface area contributed by atoms with Crippen molar-refractivity contribution in [3.63, 3.8) is 0 Å². The summed E-state index contributed by atoms with van der Waals surface area (Å²) in [6.07, 6.45) is 0. The van der Waals surface area contributed by atoms with Gasteiger partial charge < -0.3 is 0 Å². The molecule has 0 N–H and O–H groups in total. The van der Waals surface area contributed by atoms with Gasteiger partial charge in [-0.1, -0.05) is 89.8 Å². The summed E-state index contributed by atoms with van der Waals surface area (Å²) in [4.78, 5) is 0. The lowest BCUT2D eigenvalue weighted by atomic mass is 9.75. The molecule has 0 atom stereocenters. The van der Waals surface area contributed by atoms with Crippen LogP contribution in [0, 0.1) is 6.92 Å². The third-order valence-corrected chi connectivity index (χ3v) is 4.80. The van der Waals surface area contributed by atoms with Crippen molar-refractivity contribution in [3.8, 4) is 22.3 Å². The topological polar surface area (TPSA) is 0 Å². The van der Waals surface area contributed by atoms with E-state index in [0.29, 0.717) is 0 Å². The molecule has 0 bridgehead atoms. The molecule has 0 saturated carbocycles. The van der Waals surface area contributed by atoms with Crippen molar-refractivity contribution in [1.82, 2.24) is 0 Å². The summed E-state index contributed by atoms with van der Waals surface area (Å²) in [6.45, 7) is 2.11. The lowest BCUT2D eigenvalue weighted by Crippen LogP contribution is -2.17. The average molecular weight is 314 g/mol. The maximum Gasteiger partial charge on any atom is 0.115 e. The molecule has 0 aromatic heterocycles. The first-order valence-corrected chi connectivity index (χ1v) is 8.39. The van der Waals surface area contributed by atoms with Crippen molar-refractivity contribution in [2.24, 2.45) is 0 Å². The molecular weight excluding hydrogens is 298 g/mol. The van der Waals surface area contributed by atoms with E-state index in [1.165, 1.54) is 11.1 Å². The van der Waals surface area contributed by atoms with Crippen molar-refractivity contribution in [2.45, 2.75) is 6.92 Å². The van der Waals surface area contributed by atoms with E-state index >= 15 is 0 Å². The average Bonchev–Trinajstić information content (AvgIpc) is 2.66. The second-order valence-corrected chi connectivity index (χ2v) is 6.32. The van der Waals surface area contributed by atoms with Crippen LogP contribution < -0.4 is 10.9 Å². The molecular formula is C23H16B2. The molecule has 0 heterocycles. The zero-order valence-corrected chi connectivity index (χ0v) is 14.2. The summed E-state index contributed by atoms with van der Waals surface area (Å²) in [5.41, 5.74) is 7.14. The maximum absolute atomic E-state index is 6.52. The monoisotopic (exact) mass is 314 g/mol. The minimum absolute atomic E-state index is 0.762. The van der Waals surface area contributed by atoms with Crippen molar-refractivity contribution in [2.75, 3.05) is 0 Å². The van der Waals surface area contributed by atoms with E-state index in [0.717, 1.165) is 38.4 Å². The summed E-state index contributed by atoms with van der Waals surface area (Å²) in [5.74, 6) is 0. The minimum atomic E-state index is 0.762. The molecule has 2 heteroatoms. The Kier molecular flexibility index (Phi) is 3.97. The third kappa shape index (κ3) is 2.68. The fraction of sp³-hybridized carbons (Fsp3) is 0.0435. The Morgan fingerprint density at radius 2 is 1.20 bits per heavy atom. The van der Waals surface area contributed by atoms with Gasteiger partial charge in [-0.15, -0.1) is 0 Å². The van der Waals surface area contributed by atoms with Crippen molar-refractivity contribution < 1.29 is 0 Å². The number of benzene rings is 4. The molecule has 0 aliphatic heterocycles. The maximum atomic E-state index is 6.52. The van der Waals surface area contributed by atoms with Gasteiger partial charge >= 0.3 is 0 Å². The molecule has 0 aliphatic carbocycles. The van der Waals surface area contributed by atoms with Gasteiger partial charge in [-0.3, -0.25) is 0 Å². The molecule has 0 nitrogen and oxygen atoms in total. The largest absolute Gasteiger partial charge is 0.115 e. The second-order valence-electron chi connectivity index (χ2n) is 6.32. The fourth-order valence-corrected chi connectivity index (χ4v) is 3.55. The highest BCUT2D eigenvalue weighted by Gasteiger charge is 2.12. The van der Waals surface area contributed by atoms with Crippen LogP contribution in [0.4, 0.5) is 0 Å². The summed E-state index contributed by atoms with van der Waals surface area (Å²) in [7, 11) is 13.0. The van der Waals surface area contributed by atoms with E-state index in [4.69, 9.17) is 15.7 Å². The highest BCUT2D eigenvalue weighted by molar-refractivity contribution is 6.48. The van der Waals surface area contributed by atoms with Gasteiger partial charge in [-0.2, -0.15) is 0 Å². The molecule has 0 spiro atoms. The second kappa shape index (κ2) is 6.29. The van der Waals surface area contributed by atoms with Gasteiger partial charge in [-0.25, -0.2) is 0 Å². The fourth-order valence-electron chi connectivity index (χ4n) is 3.55. The van der Waals surface area contributed by atoms with Crippen LogP contribution in [-0.2, 0) is 0 Å². The van der Waals surface area contributed by atoms with Gasteiger partial charge in [0, 0.05) is 0 Å². The van der Waals surface area contributed by atoms with Gasteiger partial charge in [0.05, 0.1) is 0 Å². The van der Waals surface area contributed by atoms with E-state index in [1.54, 1.807) is 0 Å². The van der Waals surface area contributed by atoms with Crippen molar-refractivity contribution in [1.29, 1.82) is 0 Å². The van der Waals surface area contributed by atoms with Crippen LogP contribution in [0.3, 0.4) is 0 Å². The normalized spacial score (nSPS) is 10.9. The first-order chi connectivity index (χ1) is 12.2. The summed E-state index contributed by atoms with van der Waals surface area (Å²) < 4.78 is 0. The number of hydrogen-bond donors (Lipinski definition) is 0. The molecule has 4 aromatic rings. The van der Waals surface area contributed by atoms with Crippen LogP contribution in [0.2, 0.25) is 0 Å². The van der Waals surface area contributed by atoms with Crippen molar-refractivity contribution >= 4 is 37.4 Å². The predicted octanol–water partition coefficient (Wildman–Crippen LogP) is 4.07. The predicted molar refractivity (Wildman–Crippen MR) is 110 cm³/mol. The first-order valence-electron chi connectivity index (χ1n) is 8.39. The first kappa shape index (κ1) is 15.8. The molecule has 25 heavy (non-hydrogen) atoms. The molecule has 4 aromatic carbocycles. The van der Waals surface area contributed by atoms with Gasteiger partial charge in [0.15, 0.2) is 0 Å². The van der Waals surface area contributed by atoms with E-state index in [1.807, 2.05) is 30.3 Å². The zero-order chi connectivity index (χ0) is 17.4.